The summed E-state index contributed by atoms with van der Waals surface area (Å²) in [4.78, 5) is 31.5. The van der Waals surface area contributed by atoms with Gasteiger partial charge in [-0.05, 0) is 56.9 Å². The lowest BCUT2D eigenvalue weighted by Crippen LogP contribution is -2.58. The molecule has 6 nitrogen and oxygen atoms in total. The van der Waals surface area contributed by atoms with Gasteiger partial charge in [-0.2, -0.15) is 13.2 Å². The number of rotatable bonds is 3. The van der Waals surface area contributed by atoms with Crippen LogP contribution in [-0.2, 0) is 15.7 Å². The van der Waals surface area contributed by atoms with Crippen LogP contribution in [0.15, 0.2) is 24.3 Å². The number of likely N-dealkylation sites (tertiary alicyclic amines) is 1. The van der Waals surface area contributed by atoms with Gasteiger partial charge in [0.2, 0.25) is 0 Å². The van der Waals surface area contributed by atoms with Crippen molar-refractivity contribution in [3.05, 3.63) is 29.8 Å². The van der Waals surface area contributed by atoms with Crippen LogP contribution in [0.1, 0.15) is 38.2 Å². The van der Waals surface area contributed by atoms with Crippen molar-refractivity contribution in [1.29, 1.82) is 0 Å². The van der Waals surface area contributed by atoms with Gasteiger partial charge in [-0.3, -0.25) is 4.79 Å². The fourth-order valence-corrected chi connectivity index (χ4v) is 4.97. The summed E-state index contributed by atoms with van der Waals surface area (Å²) in [6.07, 6.45) is -1.48. The molecule has 1 aromatic rings. The first-order valence-electron chi connectivity index (χ1n) is 10.4. The average molecular weight is 425 g/mol. The van der Waals surface area contributed by atoms with Crippen LogP contribution in [0.25, 0.3) is 0 Å². The molecule has 3 aliphatic rings. The molecule has 0 atom stereocenters. The number of ether oxygens (including phenoxy) is 1. The van der Waals surface area contributed by atoms with E-state index in [-0.39, 0.29) is 11.6 Å². The first kappa shape index (κ1) is 21.1. The van der Waals surface area contributed by atoms with E-state index in [0.29, 0.717) is 38.5 Å². The van der Waals surface area contributed by atoms with Crippen molar-refractivity contribution in [2.75, 3.05) is 37.7 Å². The fourth-order valence-electron chi connectivity index (χ4n) is 4.97. The summed E-state index contributed by atoms with van der Waals surface area (Å²) in [5.74, 6) is -0.333. The van der Waals surface area contributed by atoms with Crippen LogP contribution in [0, 0.1) is 0 Å². The molecule has 0 bridgehead atoms. The van der Waals surface area contributed by atoms with Crippen molar-refractivity contribution in [2.24, 2.45) is 0 Å². The fraction of sp³-hybridized carbons (Fsp3) is 0.619. The zero-order chi connectivity index (χ0) is 21.5. The number of hydrogen-bond donors (Lipinski definition) is 0. The number of urea groups is 1. The van der Waals surface area contributed by atoms with Crippen molar-refractivity contribution in [2.45, 2.75) is 50.4 Å². The van der Waals surface area contributed by atoms with E-state index in [1.54, 1.807) is 4.90 Å². The Balaban J connectivity index is 1.55. The maximum Gasteiger partial charge on any atom is 0.416 e. The van der Waals surface area contributed by atoms with Crippen LogP contribution in [0.4, 0.5) is 23.7 Å². The standard InChI is InChI=1S/C21H26F3N3O3/c1-2-26-19(29)27(17-5-3-15(4-6-17)21(22,23)24)18(28)20(26)9-11-25(12-10-20)16-7-13-30-14-8-16/h3-6,16H,2,7-14H2,1H3. The lowest BCUT2D eigenvalue weighted by molar-refractivity contribution is -0.137. The zero-order valence-electron chi connectivity index (χ0n) is 17.0. The van der Waals surface area contributed by atoms with E-state index in [0.717, 1.165) is 43.1 Å². The number of nitrogens with zero attached hydrogens (tertiary/aromatic N) is 3. The van der Waals surface area contributed by atoms with Gasteiger partial charge in [0.25, 0.3) is 5.91 Å². The largest absolute Gasteiger partial charge is 0.416 e. The van der Waals surface area contributed by atoms with Gasteiger partial charge in [-0.15, -0.1) is 0 Å². The van der Waals surface area contributed by atoms with Gasteiger partial charge in [0, 0.05) is 38.9 Å². The Hall–Kier alpha value is -2.13. The summed E-state index contributed by atoms with van der Waals surface area (Å²) in [5.41, 5.74) is -1.55. The summed E-state index contributed by atoms with van der Waals surface area (Å²) in [6, 6.07) is 4.19. The summed E-state index contributed by atoms with van der Waals surface area (Å²) < 4.78 is 44.1. The number of hydrogen-bond acceptors (Lipinski definition) is 4. The minimum atomic E-state index is -4.47. The Morgan fingerprint density at radius 3 is 2.20 bits per heavy atom. The van der Waals surface area contributed by atoms with Crippen LogP contribution in [-0.4, -0.2) is 66.2 Å². The third kappa shape index (κ3) is 3.47. The molecular weight excluding hydrogens is 399 g/mol. The molecule has 0 N–H and O–H groups in total. The van der Waals surface area contributed by atoms with Gasteiger partial charge in [-0.25, -0.2) is 9.69 Å². The maximum absolute atomic E-state index is 13.4. The lowest BCUT2D eigenvalue weighted by Gasteiger charge is -2.45. The van der Waals surface area contributed by atoms with E-state index in [1.807, 2.05) is 6.92 Å². The van der Waals surface area contributed by atoms with Crippen molar-refractivity contribution >= 4 is 17.6 Å². The molecule has 3 amide bonds. The molecule has 30 heavy (non-hydrogen) atoms. The van der Waals surface area contributed by atoms with Crippen LogP contribution in [0.2, 0.25) is 0 Å². The SMILES string of the molecule is CCN1C(=O)N(c2ccc(C(F)(F)F)cc2)C(=O)C12CCN(C1CCOCC1)CC2. The minimum Gasteiger partial charge on any atom is -0.381 e. The van der Waals surface area contributed by atoms with Crippen LogP contribution >= 0.6 is 0 Å². The number of alkyl halides is 3. The number of benzene rings is 1. The van der Waals surface area contributed by atoms with Crippen molar-refractivity contribution in [3.8, 4) is 0 Å². The number of carbonyl (C=O) groups is 2. The minimum absolute atomic E-state index is 0.181. The second kappa shape index (κ2) is 7.85. The Labute approximate surface area is 173 Å². The molecule has 3 saturated heterocycles. The number of halogens is 3. The molecule has 0 unspecified atom stereocenters. The molecule has 0 aliphatic carbocycles. The van der Waals surface area contributed by atoms with Gasteiger partial charge >= 0.3 is 12.2 Å². The highest BCUT2D eigenvalue weighted by Crippen LogP contribution is 2.40. The second-order valence-corrected chi connectivity index (χ2v) is 8.12. The number of imide groups is 1. The van der Waals surface area contributed by atoms with Gasteiger partial charge in [0.15, 0.2) is 0 Å². The highest BCUT2D eigenvalue weighted by Gasteiger charge is 2.58. The average Bonchev–Trinajstić information content (AvgIpc) is 2.94. The normalized spacial score (nSPS) is 23.6. The number of carbonyl (C=O) groups excluding carboxylic acids is 2. The number of piperidine rings is 1. The zero-order valence-corrected chi connectivity index (χ0v) is 17.0. The molecule has 164 valence electrons. The van der Waals surface area contributed by atoms with Crippen LogP contribution in [0.5, 0.6) is 0 Å². The molecule has 4 rings (SSSR count). The van der Waals surface area contributed by atoms with E-state index < -0.39 is 23.3 Å². The van der Waals surface area contributed by atoms with Crippen molar-refractivity contribution < 1.29 is 27.5 Å². The van der Waals surface area contributed by atoms with E-state index in [2.05, 4.69) is 4.90 Å². The monoisotopic (exact) mass is 425 g/mol. The highest BCUT2D eigenvalue weighted by atomic mass is 19.4. The first-order chi connectivity index (χ1) is 14.3. The Bertz CT molecular complexity index is 798. The Morgan fingerprint density at radius 2 is 1.67 bits per heavy atom. The molecule has 3 aliphatic heterocycles. The molecule has 3 heterocycles. The Kier molecular flexibility index (Phi) is 5.52. The van der Waals surface area contributed by atoms with Gasteiger partial charge in [-0.1, -0.05) is 0 Å². The van der Waals surface area contributed by atoms with E-state index in [9.17, 15) is 22.8 Å². The predicted molar refractivity (Wildman–Crippen MR) is 104 cm³/mol. The molecule has 9 heteroatoms. The summed E-state index contributed by atoms with van der Waals surface area (Å²) in [7, 11) is 0. The second-order valence-electron chi connectivity index (χ2n) is 8.12. The third-order valence-electron chi connectivity index (χ3n) is 6.64. The highest BCUT2D eigenvalue weighted by molar-refractivity contribution is 6.23. The molecular formula is C21H26F3N3O3. The van der Waals surface area contributed by atoms with Gasteiger partial charge < -0.3 is 14.5 Å². The molecule has 3 fully saturated rings. The molecule has 1 spiro atoms. The Morgan fingerprint density at radius 1 is 1.07 bits per heavy atom. The van der Waals surface area contributed by atoms with E-state index in [4.69, 9.17) is 4.74 Å². The molecule has 0 radical (unpaired) electrons. The van der Waals surface area contributed by atoms with Crippen molar-refractivity contribution in [1.82, 2.24) is 9.80 Å². The van der Waals surface area contributed by atoms with Crippen LogP contribution in [0.3, 0.4) is 0 Å². The topological polar surface area (TPSA) is 53.1 Å². The number of amides is 3. The van der Waals surface area contributed by atoms with E-state index in [1.165, 1.54) is 12.1 Å². The van der Waals surface area contributed by atoms with Crippen molar-refractivity contribution in [3.63, 3.8) is 0 Å². The first-order valence-corrected chi connectivity index (χ1v) is 10.4. The molecule has 0 saturated carbocycles. The van der Waals surface area contributed by atoms with Gasteiger partial charge in [0.05, 0.1) is 11.3 Å². The molecule has 1 aromatic carbocycles. The maximum atomic E-state index is 13.4. The third-order valence-corrected chi connectivity index (χ3v) is 6.64. The number of likely N-dealkylation sites (N-methyl/N-ethyl adjacent to an activating group) is 1. The summed E-state index contributed by atoms with van der Waals surface area (Å²) in [6.45, 7) is 5.11. The smallest absolute Gasteiger partial charge is 0.381 e. The molecule has 0 aromatic heterocycles. The summed E-state index contributed by atoms with van der Waals surface area (Å²) in [5, 5.41) is 0. The van der Waals surface area contributed by atoms with E-state index >= 15 is 0 Å². The van der Waals surface area contributed by atoms with Crippen LogP contribution < -0.4 is 4.90 Å². The quantitative estimate of drug-likeness (QED) is 0.696. The summed E-state index contributed by atoms with van der Waals surface area (Å²) >= 11 is 0. The number of anilines is 1. The predicted octanol–water partition coefficient (Wildman–Crippen LogP) is 3.51. The van der Waals surface area contributed by atoms with Gasteiger partial charge in [0.1, 0.15) is 5.54 Å². The lowest BCUT2D eigenvalue weighted by atomic mass is 9.84.